The number of anilines is 1. The molecule has 0 aliphatic rings. The molecule has 0 aromatic heterocycles. The van der Waals surface area contributed by atoms with Crippen LogP contribution in [0.4, 0.5) is 11.4 Å². The van der Waals surface area contributed by atoms with Gasteiger partial charge in [-0.2, -0.15) is 0 Å². The summed E-state index contributed by atoms with van der Waals surface area (Å²) < 4.78 is 36.0. The van der Waals surface area contributed by atoms with E-state index in [1.54, 1.807) is 0 Å². The van der Waals surface area contributed by atoms with E-state index in [0.717, 1.165) is 4.31 Å². The molecule has 10 nitrogen and oxygen atoms in total. The van der Waals surface area contributed by atoms with Crippen molar-refractivity contribution in [1.82, 2.24) is 4.31 Å². The second-order valence-electron chi connectivity index (χ2n) is 5.74. The first-order valence-corrected chi connectivity index (χ1v) is 9.37. The van der Waals surface area contributed by atoms with E-state index >= 15 is 0 Å². The number of nitro groups is 1. The van der Waals surface area contributed by atoms with Crippen LogP contribution >= 0.6 is 0 Å². The number of carbonyl (C=O) groups excluding carboxylic acids is 1. The maximum Gasteiger partial charge on any atom is 0.269 e. The van der Waals surface area contributed by atoms with Crippen LogP contribution in [-0.2, 0) is 14.8 Å². The number of rotatable bonds is 8. The number of sulfonamides is 1. The van der Waals surface area contributed by atoms with Crippen LogP contribution in [0.2, 0.25) is 0 Å². The Hall–Kier alpha value is -3.18. The normalized spacial score (nSPS) is 11.1. The lowest BCUT2D eigenvalue weighted by molar-refractivity contribution is -0.384. The lowest BCUT2D eigenvalue weighted by Gasteiger charge is -2.15. The van der Waals surface area contributed by atoms with Crippen LogP contribution in [0, 0.1) is 10.1 Å². The van der Waals surface area contributed by atoms with Crippen molar-refractivity contribution in [2.45, 2.75) is 4.90 Å². The molecule has 2 aromatic rings. The average molecular weight is 409 g/mol. The molecule has 28 heavy (non-hydrogen) atoms. The number of nitro benzene ring substituents is 1. The van der Waals surface area contributed by atoms with Crippen molar-refractivity contribution in [3.63, 3.8) is 0 Å². The van der Waals surface area contributed by atoms with Gasteiger partial charge in [0.1, 0.15) is 11.5 Å². The van der Waals surface area contributed by atoms with E-state index < -0.39 is 20.9 Å². The molecule has 0 atom stereocenters. The van der Waals surface area contributed by atoms with Gasteiger partial charge < -0.3 is 14.8 Å². The van der Waals surface area contributed by atoms with Gasteiger partial charge in [-0.05, 0) is 30.3 Å². The number of nitrogens with one attached hydrogen (secondary N) is 1. The molecule has 0 radical (unpaired) electrons. The van der Waals surface area contributed by atoms with Gasteiger partial charge in [0.05, 0.1) is 22.6 Å². The highest BCUT2D eigenvalue weighted by Gasteiger charge is 2.20. The predicted octanol–water partition coefficient (Wildman–Crippen LogP) is 1.87. The molecule has 2 aromatic carbocycles. The van der Waals surface area contributed by atoms with Gasteiger partial charge >= 0.3 is 0 Å². The number of hydrogen-bond acceptors (Lipinski definition) is 7. The lowest BCUT2D eigenvalue weighted by atomic mass is 10.3. The zero-order valence-corrected chi connectivity index (χ0v) is 16.2. The maximum atomic E-state index is 12.3. The molecule has 0 fully saturated rings. The molecule has 0 aliphatic carbocycles. The fraction of sp³-hybridized carbons (Fsp3) is 0.235. The van der Waals surface area contributed by atoms with E-state index in [1.807, 2.05) is 0 Å². The van der Waals surface area contributed by atoms with Crippen molar-refractivity contribution in [3.05, 3.63) is 52.6 Å². The molecule has 0 aliphatic heterocycles. The van der Waals surface area contributed by atoms with Crippen molar-refractivity contribution >= 4 is 27.3 Å². The van der Waals surface area contributed by atoms with Crippen LogP contribution in [0.1, 0.15) is 0 Å². The summed E-state index contributed by atoms with van der Waals surface area (Å²) in [5.74, 6) is -0.00547. The third-order valence-electron chi connectivity index (χ3n) is 3.64. The van der Waals surface area contributed by atoms with E-state index in [4.69, 9.17) is 9.47 Å². The van der Waals surface area contributed by atoms with Gasteiger partial charge in [0.15, 0.2) is 6.61 Å². The first-order valence-electron chi connectivity index (χ1n) is 7.93. The fourth-order valence-corrected chi connectivity index (χ4v) is 3.08. The largest absolute Gasteiger partial charge is 0.495 e. The monoisotopic (exact) mass is 409 g/mol. The number of benzene rings is 2. The Balaban J connectivity index is 2.11. The number of nitrogens with zero attached hydrogens (tertiary/aromatic N) is 2. The van der Waals surface area contributed by atoms with Gasteiger partial charge in [0.2, 0.25) is 10.0 Å². The fourth-order valence-electron chi connectivity index (χ4n) is 2.16. The molecular formula is C17H19N3O7S. The van der Waals surface area contributed by atoms with Crippen molar-refractivity contribution in [2.24, 2.45) is 0 Å². The van der Waals surface area contributed by atoms with E-state index in [2.05, 4.69) is 5.32 Å². The molecule has 1 N–H and O–H groups in total. The van der Waals surface area contributed by atoms with Gasteiger partial charge in [-0.25, -0.2) is 12.7 Å². The molecule has 2 rings (SSSR count). The van der Waals surface area contributed by atoms with Crippen molar-refractivity contribution in [2.75, 3.05) is 33.1 Å². The first-order chi connectivity index (χ1) is 13.1. The minimum absolute atomic E-state index is 0.00936. The predicted molar refractivity (Wildman–Crippen MR) is 101 cm³/mol. The second-order valence-corrected chi connectivity index (χ2v) is 7.89. The Bertz CT molecular complexity index is 973. The third kappa shape index (κ3) is 4.96. The molecule has 0 bridgehead atoms. The standard InChI is InChI=1S/C17H19N3O7S/c1-19(2)28(24,25)14-8-9-16(26-3)15(10-14)18-17(21)11-27-13-6-4-12(5-7-13)20(22)23/h4-10H,11H2,1-3H3,(H,18,21). The van der Waals surface area contributed by atoms with E-state index in [0.29, 0.717) is 0 Å². The molecule has 1 amide bonds. The Morgan fingerprint density at radius 1 is 1.18 bits per heavy atom. The number of methoxy groups -OCH3 is 1. The van der Waals surface area contributed by atoms with Gasteiger partial charge in [0.25, 0.3) is 11.6 Å². The topological polar surface area (TPSA) is 128 Å². The summed E-state index contributed by atoms with van der Waals surface area (Å²) in [4.78, 5) is 22.2. The lowest BCUT2D eigenvalue weighted by Crippen LogP contribution is -2.23. The SMILES string of the molecule is COc1ccc(S(=O)(=O)N(C)C)cc1NC(=O)COc1ccc([N+](=O)[O-])cc1. The van der Waals surface area contributed by atoms with Crippen LogP contribution in [0.15, 0.2) is 47.4 Å². The Labute approximate surface area is 161 Å². The molecule has 11 heteroatoms. The van der Waals surface area contributed by atoms with Crippen molar-refractivity contribution < 1.29 is 27.6 Å². The van der Waals surface area contributed by atoms with Gasteiger partial charge in [-0.1, -0.05) is 0 Å². The van der Waals surface area contributed by atoms with Crippen molar-refractivity contribution in [1.29, 1.82) is 0 Å². The van der Waals surface area contributed by atoms with Crippen LogP contribution in [0.25, 0.3) is 0 Å². The van der Waals surface area contributed by atoms with Crippen LogP contribution in [0.3, 0.4) is 0 Å². The summed E-state index contributed by atoms with van der Waals surface area (Å²) in [5, 5.41) is 13.2. The minimum atomic E-state index is -3.69. The van der Waals surface area contributed by atoms with Gasteiger partial charge in [-0.3, -0.25) is 14.9 Å². The highest BCUT2D eigenvalue weighted by molar-refractivity contribution is 7.89. The zero-order chi connectivity index (χ0) is 20.9. The molecule has 0 heterocycles. The number of hydrogen-bond donors (Lipinski definition) is 1. The van der Waals surface area contributed by atoms with Crippen LogP contribution in [-0.4, -0.2) is 51.4 Å². The smallest absolute Gasteiger partial charge is 0.269 e. The third-order valence-corrected chi connectivity index (χ3v) is 5.45. The summed E-state index contributed by atoms with van der Waals surface area (Å²) in [6.07, 6.45) is 0. The van der Waals surface area contributed by atoms with Crippen LogP contribution in [0.5, 0.6) is 11.5 Å². The first kappa shape index (κ1) is 21.1. The highest BCUT2D eigenvalue weighted by Crippen LogP contribution is 2.28. The molecule has 0 saturated heterocycles. The van der Waals surface area contributed by atoms with Gasteiger partial charge in [0, 0.05) is 26.2 Å². The Morgan fingerprint density at radius 2 is 1.82 bits per heavy atom. The van der Waals surface area contributed by atoms with Gasteiger partial charge in [-0.15, -0.1) is 0 Å². The van der Waals surface area contributed by atoms with E-state index in [9.17, 15) is 23.3 Å². The summed E-state index contributed by atoms with van der Waals surface area (Å²) >= 11 is 0. The van der Waals surface area contributed by atoms with E-state index in [1.165, 1.54) is 63.7 Å². The Morgan fingerprint density at radius 3 is 2.36 bits per heavy atom. The summed E-state index contributed by atoms with van der Waals surface area (Å²) in [6.45, 7) is -0.383. The molecule has 0 saturated carbocycles. The number of non-ortho nitro benzene ring substituents is 1. The van der Waals surface area contributed by atoms with Crippen LogP contribution < -0.4 is 14.8 Å². The van der Waals surface area contributed by atoms with Crippen molar-refractivity contribution in [3.8, 4) is 11.5 Å². The summed E-state index contributed by atoms with van der Waals surface area (Å²) in [6, 6.07) is 9.35. The zero-order valence-electron chi connectivity index (χ0n) is 15.4. The minimum Gasteiger partial charge on any atom is -0.495 e. The number of ether oxygens (including phenoxy) is 2. The maximum absolute atomic E-state index is 12.3. The number of amides is 1. The number of carbonyl (C=O) groups is 1. The van der Waals surface area contributed by atoms with E-state index in [-0.39, 0.29) is 34.4 Å². The Kier molecular flexibility index (Phi) is 6.54. The summed E-state index contributed by atoms with van der Waals surface area (Å²) in [7, 11) is 0.498. The molecular weight excluding hydrogens is 390 g/mol. The average Bonchev–Trinajstić information content (AvgIpc) is 2.66. The molecule has 0 unspecified atom stereocenters. The highest BCUT2D eigenvalue weighted by atomic mass is 32.2. The molecule has 0 spiro atoms. The molecule has 150 valence electrons. The summed E-state index contributed by atoms with van der Waals surface area (Å²) in [5.41, 5.74) is 0.0724. The quantitative estimate of drug-likeness (QED) is 0.521. The second kappa shape index (κ2) is 8.67.